The van der Waals surface area contributed by atoms with E-state index in [1.807, 2.05) is 60.7 Å². The van der Waals surface area contributed by atoms with Crippen molar-refractivity contribution in [2.45, 2.75) is 85.0 Å². The van der Waals surface area contributed by atoms with Gasteiger partial charge in [0.1, 0.15) is 17.2 Å². The number of hydrogen-bond acceptors (Lipinski definition) is 7. The van der Waals surface area contributed by atoms with Gasteiger partial charge >= 0.3 is 12.2 Å². The molecule has 4 amide bonds. The van der Waals surface area contributed by atoms with Gasteiger partial charge < -0.3 is 30.7 Å². The van der Waals surface area contributed by atoms with Gasteiger partial charge in [0.2, 0.25) is 11.8 Å². The van der Waals surface area contributed by atoms with Crippen molar-refractivity contribution >= 4 is 40.6 Å². The minimum atomic E-state index is -0.824. The Kier molecular flexibility index (Phi) is 13.1. The summed E-state index contributed by atoms with van der Waals surface area (Å²) in [5.41, 5.74) is 1.02. The lowest BCUT2D eigenvalue weighted by Crippen LogP contribution is -2.47. The van der Waals surface area contributed by atoms with Gasteiger partial charge in [-0.1, -0.05) is 55.5 Å². The van der Waals surface area contributed by atoms with Crippen LogP contribution in [0.3, 0.4) is 0 Å². The SMILES string of the molecule is C[C@@H](CC(CNC(=O)OC(C)(C)C)CNC(=O)OC(C)(C)C)C(=O)N[C@H](CCc1ccccc1)C(=O)Nc1cnc2ccccc2c1. The molecule has 0 unspecified atom stereocenters. The Morgan fingerprint density at radius 3 is 1.96 bits per heavy atom. The van der Waals surface area contributed by atoms with E-state index >= 15 is 0 Å². The number of fused-ring (bicyclic) bond motifs is 1. The third-order valence-electron chi connectivity index (χ3n) is 7.06. The number of benzene rings is 2. The second-order valence-electron chi connectivity index (χ2n) is 13.8. The molecule has 254 valence electrons. The fourth-order valence-corrected chi connectivity index (χ4v) is 4.84. The van der Waals surface area contributed by atoms with Crippen LogP contribution in [0, 0.1) is 11.8 Å². The molecule has 0 aliphatic heterocycles. The minimum Gasteiger partial charge on any atom is -0.444 e. The van der Waals surface area contributed by atoms with Gasteiger partial charge in [-0.25, -0.2) is 9.59 Å². The van der Waals surface area contributed by atoms with Crippen LogP contribution in [0.25, 0.3) is 10.9 Å². The number of anilines is 1. The van der Waals surface area contributed by atoms with E-state index < -0.39 is 35.3 Å². The lowest BCUT2D eigenvalue weighted by molar-refractivity contribution is -0.129. The maximum atomic E-state index is 13.6. The number of ether oxygens (including phenoxy) is 2. The van der Waals surface area contributed by atoms with E-state index in [1.54, 1.807) is 54.7 Å². The highest BCUT2D eigenvalue weighted by molar-refractivity contribution is 5.98. The largest absolute Gasteiger partial charge is 0.444 e. The first-order valence-corrected chi connectivity index (χ1v) is 16.0. The summed E-state index contributed by atoms with van der Waals surface area (Å²) in [4.78, 5) is 56.3. The topological polar surface area (TPSA) is 148 Å². The van der Waals surface area contributed by atoms with Crippen molar-refractivity contribution in [3.63, 3.8) is 0 Å². The van der Waals surface area contributed by atoms with Crippen LogP contribution in [0.1, 0.15) is 66.9 Å². The normalized spacial score (nSPS) is 12.9. The van der Waals surface area contributed by atoms with Crippen molar-refractivity contribution in [3.8, 4) is 0 Å². The highest BCUT2D eigenvalue weighted by atomic mass is 16.6. The molecule has 0 saturated carbocycles. The average Bonchev–Trinajstić information content (AvgIpc) is 2.99. The van der Waals surface area contributed by atoms with Gasteiger partial charge in [-0.15, -0.1) is 0 Å². The molecule has 2 aromatic carbocycles. The molecular formula is C36H49N5O6. The minimum absolute atomic E-state index is 0.148. The first-order valence-electron chi connectivity index (χ1n) is 16.0. The number of nitrogens with one attached hydrogen (secondary N) is 4. The maximum absolute atomic E-state index is 13.6. The van der Waals surface area contributed by atoms with Gasteiger partial charge in [-0.05, 0) is 84.4 Å². The summed E-state index contributed by atoms with van der Waals surface area (Å²) >= 11 is 0. The quantitative estimate of drug-likeness (QED) is 0.178. The van der Waals surface area contributed by atoms with E-state index in [4.69, 9.17) is 9.47 Å². The van der Waals surface area contributed by atoms with Crippen molar-refractivity contribution < 1.29 is 28.7 Å². The molecule has 0 aliphatic rings. The summed E-state index contributed by atoms with van der Waals surface area (Å²) in [6.45, 7) is 12.6. The highest BCUT2D eigenvalue weighted by Gasteiger charge is 2.27. The summed E-state index contributed by atoms with van der Waals surface area (Å²) < 4.78 is 10.7. The van der Waals surface area contributed by atoms with Gasteiger partial charge in [0.15, 0.2) is 0 Å². The fraction of sp³-hybridized carbons (Fsp3) is 0.472. The van der Waals surface area contributed by atoms with E-state index in [-0.39, 0.29) is 30.8 Å². The third kappa shape index (κ3) is 13.7. The molecule has 0 spiro atoms. The number of carbonyl (C=O) groups is 4. The predicted octanol–water partition coefficient (Wildman–Crippen LogP) is 5.98. The van der Waals surface area contributed by atoms with Gasteiger partial charge in [0.25, 0.3) is 0 Å². The van der Waals surface area contributed by atoms with E-state index in [0.717, 1.165) is 16.5 Å². The summed E-state index contributed by atoms with van der Waals surface area (Å²) in [6, 6.07) is 18.4. The monoisotopic (exact) mass is 647 g/mol. The Hall–Kier alpha value is -4.67. The summed E-state index contributed by atoms with van der Waals surface area (Å²) in [7, 11) is 0. The molecule has 11 nitrogen and oxygen atoms in total. The molecular weight excluding hydrogens is 598 g/mol. The van der Waals surface area contributed by atoms with Crippen LogP contribution in [-0.2, 0) is 25.5 Å². The van der Waals surface area contributed by atoms with Crippen LogP contribution in [-0.4, -0.2) is 59.3 Å². The molecule has 2 atom stereocenters. The number of aryl methyl sites for hydroxylation is 1. The zero-order valence-electron chi connectivity index (χ0n) is 28.5. The second-order valence-corrected chi connectivity index (χ2v) is 13.8. The second kappa shape index (κ2) is 16.8. The summed E-state index contributed by atoms with van der Waals surface area (Å²) in [6.07, 6.45) is 1.65. The zero-order chi connectivity index (χ0) is 34.6. The van der Waals surface area contributed by atoms with Crippen LogP contribution >= 0.6 is 0 Å². The molecule has 47 heavy (non-hydrogen) atoms. The number of hydrogen-bond donors (Lipinski definition) is 4. The van der Waals surface area contributed by atoms with E-state index in [2.05, 4.69) is 26.3 Å². The number of alkyl carbamates (subject to hydrolysis) is 2. The molecule has 1 aromatic heterocycles. The number of aromatic nitrogens is 1. The van der Waals surface area contributed by atoms with E-state index in [1.165, 1.54) is 0 Å². The lowest BCUT2D eigenvalue weighted by atomic mass is 9.94. The molecule has 11 heteroatoms. The number of nitrogens with zero attached hydrogens (tertiary/aromatic N) is 1. The van der Waals surface area contributed by atoms with E-state index in [9.17, 15) is 19.2 Å². The van der Waals surface area contributed by atoms with Crippen molar-refractivity contribution in [1.82, 2.24) is 20.9 Å². The molecule has 0 bridgehead atoms. The maximum Gasteiger partial charge on any atom is 0.407 e. The Morgan fingerprint density at radius 1 is 0.787 bits per heavy atom. The number of para-hydroxylation sites is 1. The Labute approximate surface area is 277 Å². The van der Waals surface area contributed by atoms with Crippen LogP contribution in [0.15, 0.2) is 66.9 Å². The van der Waals surface area contributed by atoms with Gasteiger partial charge in [-0.3, -0.25) is 14.6 Å². The van der Waals surface area contributed by atoms with E-state index in [0.29, 0.717) is 24.9 Å². The smallest absolute Gasteiger partial charge is 0.407 e. The molecule has 0 radical (unpaired) electrons. The number of rotatable bonds is 13. The molecule has 1 heterocycles. The van der Waals surface area contributed by atoms with Crippen LogP contribution in [0.2, 0.25) is 0 Å². The Morgan fingerprint density at radius 2 is 1.36 bits per heavy atom. The van der Waals surface area contributed by atoms with Crippen LogP contribution in [0.4, 0.5) is 15.3 Å². The van der Waals surface area contributed by atoms with Crippen LogP contribution < -0.4 is 21.3 Å². The number of carbonyl (C=O) groups excluding carboxylic acids is 4. The summed E-state index contributed by atoms with van der Waals surface area (Å²) in [5, 5.41) is 12.2. The van der Waals surface area contributed by atoms with Gasteiger partial charge in [-0.2, -0.15) is 0 Å². The molecule has 4 N–H and O–H groups in total. The van der Waals surface area contributed by atoms with Crippen molar-refractivity contribution in [2.24, 2.45) is 11.8 Å². The first kappa shape index (κ1) is 36.8. The molecule has 0 aliphatic carbocycles. The van der Waals surface area contributed by atoms with Gasteiger partial charge in [0.05, 0.1) is 17.4 Å². The highest BCUT2D eigenvalue weighted by Crippen LogP contribution is 2.18. The third-order valence-corrected chi connectivity index (χ3v) is 7.06. The molecule has 3 aromatic rings. The number of amides is 4. The standard InChI is InChI=1S/C36H49N5O6/c1-24(19-26(21-38-33(44)46-35(2,3)4)22-39-34(45)47-36(5,6)7)31(42)41-30(18-17-25-13-9-8-10-14-25)32(43)40-28-20-27-15-11-12-16-29(27)37-23-28/h8-16,20,23-24,26,30H,17-19,21-22H2,1-7H3,(H,38,44)(H,39,45)(H,40,43)(H,41,42)/t24-,30+/m0/s1. The number of pyridine rings is 1. The van der Waals surface area contributed by atoms with Crippen LogP contribution in [0.5, 0.6) is 0 Å². The van der Waals surface area contributed by atoms with Crippen molar-refractivity contribution in [1.29, 1.82) is 0 Å². The molecule has 3 rings (SSSR count). The Bertz CT molecular complexity index is 1470. The average molecular weight is 648 g/mol. The molecule has 0 fully saturated rings. The molecule has 0 saturated heterocycles. The Balaban J connectivity index is 1.70. The predicted molar refractivity (Wildman–Crippen MR) is 183 cm³/mol. The van der Waals surface area contributed by atoms with Gasteiger partial charge in [0, 0.05) is 24.4 Å². The van der Waals surface area contributed by atoms with Crippen molar-refractivity contribution in [2.75, 3.05) is 18.4 Å². The summed E-state index contributed by atoms with van der Waals surface area (Å²) in [5.74, 6) is -1.58. The first-order chi connectivity index (χ1) is 22.1. The fourth-order valence-electron chi connectivity index (χ4n) is 4.84. The lowest BCUT2D eigenvalue weighted by Gasteiger charge is -2.26. The van der Waals surface area contributed by atoms with Crippen molar-refractivity contribution in [3.05, 3.63) is 72.4 Å². The zero-order valence-corrected chi connectivity index (χ0v) is 28.5.